The molecule has 0 spiro atoms. The lowest BCUT2D eigenvalue weighted by molar-refractivity contribution is -0.384. The SMILES string of the molecule is O=C(Nc1cc(Cl)ccc1-n1cncn1)c1cnn(-c2ccc([N+](=O)[O-])cc2)c1. The second-order valence-corrected chi connectivity index (χ2v) is 6.34. The number of carbonyl (C=O) groups is 1. The summed E-state index contributed by atoms with van der Waals surface area (Å²) >= 11 is 6.07. The zero-order chi connectivity index (χ0) is 20.4. The minimum atomic E-state index is -0.483. The van der Waals surface area contributed by atoms with Gasteiger partial charge in [-0.3, -0.25) is 14.9 Å². The summed E-state index contributed by atoms with van der Waals surface area (Å²) in [7, 11) is 0. The summed E-state index contributed by atoms with van der Waals surface area (Å²) in [6, 6.07) is 10.8. The van der Waals surface area contributed by atoms with Crippen molar-refractivity contribution in [2.24, 2.45) is 0 Å². The lowest BCUT2D eigenvalue weighted by Gasteiger charge is -2.10. The first-order chi connectivity index (χ1) is 14.0. The summed E-state index contributed by atoms with van der Waals surface area (Å²) in [6.45, 7) is 0. The highest BCUT2D eigenvalue weighted by molar-refractivity contribution is 6.31. The molecule has 2 heterocycles. The molecule has 0 radical (unpaired) electrons. The molecule has 0 saturated carbocycles. The third kappa shape index (κ3) is 3.82. The van der Waals surface area contributed by atoms with Gasteiger partial charge in [-0.25, -0.2) is 14.3 Å². The maximum absolute atomic E-state index is 12.7. The highest BCUT2D eigenvalue weighted by atomic mass is 35.5. The summed E-state index contributed by atoms with van der Waals surface area (Å²) < 4.78 is 2.96. The molecule has 4 rings (SSSR count). The Morgan fingerprint density at radius 3 is 2.59 bits per heavy atom. The van der Waals surface area contributed by atoms with Crippen LogP contribution in [0.2, 0.25) is 5.02 Å². The molecule has 4 aromatic rings. The smallest absolute Gasteiger partial charge is 0.269 e. The topological polar surface area (TPSA) is 121 Å². The van der Waals surface area contributed by atoms with Crippen molar-refractivity contribution < 1.29 is 9.72 Å². The fourth-order valence-corrected chi connectivity index (χ4v) is 2.82. The van der Waals surface area contributed by atoms with E-state index in [1.807, 2.05) is 0 Å². The third-order valence-corrected chi connectivity index (χ3v) is 4.28. The Hall–Kier alpha value is -4.05. The minimum Gasteiger partial charge on any atom is -0.320 e. The number of nitrogens with one attached hydrogen (secondary N) is 1. The number of nitro groups is 1. The number of halogens is 1. The number of hydrogen-bond donors (Lipinski definition) is 1. The molecule has 2 aromatic heterocycles. The molecule has 0 fully saturated rings. The summed E-state index contributed by atoms with van der Waals surface area (Å²) in [5, 5.41) is 22.2. The molecular weight excluding hydrogens is 398 g/mol. The molecule has 2 aromatic carbocycles. The number of rotatable bonds is 5. The normalized spacial score (nSPS) is 10.7. The van der Waals surface area contributed by atoms with Crippen molar-refractivity contribution in [2.45, 2.75) is 0 Å². The predicted molar refractivity (Wildman–Crippen MR) is 105 cm³/mol. The van der Waals surface area contributed by atoms with Crippen LogP contribution in [0.3, 0.4) is 0 Å². The van der Waals surface area contributed by atoms with E-state index >= 15 is 0 Å². The van der Waals surface area contributed by atoms with Gasteiger partial charge in [0.25, 0.3) is 11.6 Å². The maximum Gasteiger partial charge on any atom is 0.269 e. The first-order valence-electron chi connectivity index (χ1n) is 8.27. The van der Waals surface area contributed by atoms with Gasteiger partial charge in [-0.1, -0.05) is 11.6 Å². The van der Waals surface area contributed by atoms with Crippen LogP contribution in [0.1, 0.15) is 10.4 Å². The maximum atomic E-state index is 12.7. The monoisotopic (exact) mass is 409 g/mol. The predicted octanol–water partition coefficient (Wildman–Crippen LogP) is 3.27. The van der Waals surface area contributed by atoms with Gasteiger partial charge >= 0.3 is 0 Å². The number of nitrogens with zero attached hydrogens (tertiary/aromatic N) is 6. The molecule has 0 aliphatic carbocycles. The molecule has 10 nitrogen and oxygen atoms in total. The second kappa shape index (κ2) is 7.52. The second-order valence-electron chi connectivity index (χ2n) is 5.90. The van der Waals surface area contributed by atoms with Crippen LogP contribution in [0.4, 0.5) is 11.4 Å². The lowest BCUT2D eigenvalue weighted by Crippen LogP contribution is -2.13. The van der Waals surface area contributed by atoms with E-state index < -0.39 is 10.8 Å². The Kier molecular flexibility index (Phi) is 4.75. The Balaban J connectivity index is 1.58. The number of carbonyl (C=O) groups excluding carboxylic acids is 1. The van der Waals surface area contributed by atoms with Crippen LogP contribution in [0.25, 0.3) is 11.4 Å². The first kappa shape index (κ1) is 18.3. The Bertz CT molecular complexity index is 1190. The molecule has 0 aliphatic heterocycles. The van der Waals surface area contributed by atoms with Crippen LogP contribution in [0.15, 0.2) is 67.5 Å². The van der Waals surface area contributed by atoms with Crippen LogP contribution < -0.4 is 5.32 Å². The van der Waals surface area contributed by atoms with Crippen LogP contribution in [0.5, 0.6) is 0 Å². The number of aromatic nitrogens is 5. The van der Waals surface area contributed by atoms with Crippen LogP contribution in [-0.2, 0) is 0 Å². The Morgan fingerprint density at radius 1 is 1.10 bits per heavy atom. The van der Waals surface area contributed by atoms with Gasteiger partial charge in [0.05, 0.1) is 33.7 Å². The molecule has 1 amide bonds. The molecule has 1 N–H and O–H groups in total. The standard InChI is InChI=1S/C18H12ClN7O3/c19-13-1-6-17(25-11-20-10-22-25)16(7-13)23-18(27)12-8-21-24(9-12)14-2-4-15(5-3-14)26(28)29/h1-11H,(H,23,27). The Morgan fingerprint density at radius 2 is 1.90 bits per heavy atom. The summed E-state index contributed by atoms with van der Waals surface area (Å²) in [4.78, 5) is 26.9. The van der Waals surface area contributed by atoms with Crippen molar-refractivity contribution in [3.8, 4) is 11.4 Å². The fourth-order valence-electron chi connectivity index (χ4n) is 2.64. The van der Waals surface area contributed by atoms with E-state index in [9.17, 15) is 14.9 Å². The van der Waals surface area contributed by atoms with Crippen molar-refractivity contribution in [2.75, 3.05) is 5.32 Å². The summed E-state index contributed by atoms with van der Waals surface area (Å²) in [5.74, 6) is -0.401. The zero-order valence-corrected chi connectivity index (χ0v) is 15.4. The van der Waals surface area contributed by atoms with Gasteiger partial charge in [0.2, 0.25) is 0 Å². The molecular formula is C18H12ClN7O3. The van der Waals surface area contributed by atoms with E-state index in [4.69, 9.17) is 11.6 Å². The van der Waals surface area contributed by atoms with Crippen molar-refractivity contribution in [3.63, 3.8) is 0 Å². The average Bonchev–Trinajstić information content (AvgIpc) is 3.40. The number of non-ortho nitro benzene ring substituents is 1. The van der Waals surface area contributed by atoms with Gasteiger partial charge in [-0.15, -0.1) is 0 Å². The molecule has 0 saturated heterocycles. The minimum absolute atomic E-state index is 0.0273. The van der Waals surface area contributed by atoms with Crippen molar-refractivity contribution in [1.29, 1.82) is 0 Å². The molecule has 11 heteroatoms. The molecule has 0 atom stereocenters. The van der Waals surface area contributed by atoms with Crippen LogP contribution in [-0.4, -0.2) is 35.4 Å². The van der Waals surface area contributed by atoms with Crippen molar-refractivity contribution >= 4 is 28.9 Å². The first-order valence-corrected chi connectivity index (χ1v) is 8.64. The largest absolute Gasteiger partial charge is 0.320 e. The van der Waals surface area contributed by atoms with Crippen LogP contribution in [0, 0.1) is 10.1 Å². The van der Waals surface area contributed by atoms with Gasteiger partial charge in [0.1, 0.15) is 12.7 Å². The number of nitro benzene ring substituents is 1. The van der Waals surface area contributed by atoms with Gasteiger partial charge in [-0.2, -0.15) is 10.2 Å². The quantitative estimate of drug-likeness (QED) is 0.399. The highest BCUT2D eigenvalue weighted by Gasteiger charge is 2.14. The zero-order valence-electron chi connectivity index (χ0n) is 14.6. The van der Waals surface area contributed by atoms with E-state index in [1.54, 1.807) is 30.3 Å². The number of hydrogen-bond acceptors (Lipinski definition) is 6. The van der Waals surface area contributed by atoms with E-state index in [-0.39, 0.29) is 5.69 Å². The fraction of sp³-hybridized carbons (Fsp3) is 0. The average molecular weight is 410 g/mol. The number of anilines is 1. The van der Waals surface area contributed by atoms with Crippen LogP contribution >= 0.6 is 11.6 Å². The summed E-state index contributed by atoms with van der Waals surface area (Å²) in [5.41, 5.74) is 1.91. The number of benzene rings is 2. The highest BCUT2D eigenvalue weighted by Crippen LogP contribution is 2.24. The molecule has 144 valence electrons. The van der Waals surface area contributed by atoms with E-state index in [0.29, 0.717) is 27.6 Å². The number of amides is 1. The lowest BCUT2D eigenvalue weighted by atomic mass is 10.2. The summed E-state index contributed by atoms with van der Waals surface area (Å²) in [6.07, 6.45) is 5.81. The van der Waals surface area contributed by atoms with E-state index in [1.165, 1.54) is 46.5 Å². The van der Waals surface area contributed by atoms with Crippen molar-refractivity contribution in [3.05, 3.63) is 88.2 Å². The van der Waals surface area contributed by atoms with Gasteiger partial charge in [-0.05, 0) is 30.3 Å². The van der Waals surface area contributed by atoms with E-state index in [2.05, 4.69) is 20.5 Å². The van der Waals surface area contributed by atoms with Gasteiger partial charge in [0.15, 0.2) is 0 Å². The molecule has 0 unspecified atom stereocenters. The van der Waals surface area contributed by atoms with Gasteiger partial charge in [0, 0.05) is 23.4 Å². The third-order valence-electron chi connectivity index (χ3n) is 4.04. The van der Waals surface area contributed by atoms with Gasteiger partial charge < -0.3 is 5.32 Å². The van der Waals surface area contributed by atoms with Crippen molar-refractivity contribution in [1.82, 2.24) is 24.5 Å². The van der Waals surface area contributed by atoms with E-state index in [0.717, 1.165) is 0 Å². The molecule has 29 heavy (non-hydrogen) atoms. The molecule has 0 aliphatic rings. The molecule has 0 bridgehead atoms. The Labute approximate surface area is 168 Å².